The standard InChI is InChI=1S/C15H25N3O2S/c1-3-14(12-16)17-8-10-18(11-9-17)21(19,20)15-6-4-13(2)5-7-15/h4-7,14H,3,8-12,16H2,1-2H3. The minimum atomic E-state index is -3.37. The van der Waals surface area contributed by atoms with Crippen molar-refractivity contribution in [1.29, 1.82) is 0 Å². The number of piperazine rings is 1. The van der Waals surface area contributed by atoms with E-state index in [4.69, 9.17) is 5.73 Å². The van der Waals surface area contributed by atoms with E-state index >= 15 is 0 Å². The maximum atomic E-state index is 12.6. The Kier molecular flexibility index (Phi) is 5.37. The molecular formula is C15H25N3O2S. The second kappa shape index (κ2) is 6.87. The van der Waals surface area contributed by atoms with Crippen molar-refractivity contribution in [2.24, 2.45) is 5.73 Å². The molecule has 0 spiro atoms. The number of benzene rings is 1. The molecule has 1 heterocycles. The molecule has 1 saturated heterocycles. The predicted molar refractivity (Wildman–Crippen MR) is 84.6 cm³/mol. The van der Waals surface area contributed by atoms with Gasteiger partial charge in [-0.2, -0.15) is 4.31 Å². The molecule has 0 amide bonds. The van der Waals surface area contributed by atoms with Gasteiger partial charge in [-0.3, -0.25) is 4.90 Å². The predicted octanol–water partition coefficient (Wildman–Crippen LogP) is 1.04. The molecule has 6 heteroatoms. The molecule has 1 aliphatic heterocycles. The first-order chi connectivity index (χ1) is 9.98. The van der Waals surface area contributed by atoms with Crippen molar-refractivity contribution in [3.63, 3.8) is 0 Å². The minimum absolute atomic E-state index is 0.356. The average molecular weight is 311 g/mol. The van der Waals surface area contributed by atoms with Crippen LogP contribution in [0, 0.1) is 6.92 Å². The van der Waals surface area contributed by atoms with Crippen molar-refractivity contribution < 1.29 is 8.42 Å². The first-order valence-corrected chi connectivity index (χ1v) is 8.94. The fourth-order valence-electron chi connectivity index (χ4n) is 2.74. The lowest BCUT2D eigenvalue weighted by molar-refractivity contribution is 0.137. The summed E-state index contributed by atoms with van der Waals surface area (Å²) in [6, 6.07) is 7.40. The van der Waals surface area contributed by atoms with Gasteiger partial charge in [-0.1, -0.05) is 24.6 Å². The molecule has 2 N–H and O–H groups in total. The molecule has 0 radical (unpaired) electrons. The van der Waals surface area contributed by atoms with Crippen LogP contribution in [0.2, 0.25) is 0 Å². The third kappa shape index (κ3) is 3.63. The Labute approximate surface area is 127 Å². The largest absolute Gasteiger partial charge is 0.329 e. The molecule has 118 valence electrons. The number of hydrogen-bond donors (Lipinski definition) is 1. The molecule has 1 aromatic rings. The van der Waals surface area contributed by atoms with E-state index < -0.39 is 10.0 Å². The van der Waals surface area contributed by atoms with E-state index in [0.29, 0.717) is 30.6 Å². The topological polar surface area (TPSA) is 66.6 Å². The maximum absolute atomic E-state index is 12.6. The molecule has 21 heavy (non-hydrogen) atoms. The molecule has 0 saturated carbocycles. The second-order valence-corrected chi connectivity index (χ2v) is 7.49. The molecule has 1 atom stereocenters. The molecule has 1 aliphatic rings. The molecule has 2 rings (SSSR count). The summed E-state index contributed by atoms with van der Waals surface area (Å²) in [6.07, 6.45) is 1.00. The SMILES string of the molecule is CCC(CN)N1CCN(S(=O)(=O)c2ccc(C)cc2)CC1. The van der Waals surface area contributed by atoms with Crippen LogP contribution in [0.15, 0.2) is 29.2 Å². The summed E-state index contributed by atoms with van der Waals surface area (Å²) in [4.78, 5) is 2.67. The summed E-state index contributed by atoms with van der Waals surface area (Å²) in [6.45, 7) is 7.27. The van der Waals surface area contributed by atoms with Crippen LogP contribution in [0.5, 0.6) is 0 Å². The number of aryl methyl sites for hydroxylation is 1. The van der Waals surface area contributed by atoms with Crippen molar-refractivity contribution in [2.45, 2.75) is 31.2 Å². The zero-order valence-electron chi connectivity index (χ0n) is 12.8. The van der Waals surface area contributed by atoms with Gasteiger partial charge in [0.2, 0.25) is 10.0 Å². The average Bonchev–Trinajstić information content (AvgIpc) is 2.49. The number of rotatable bonds is 5. The zero-order chi connectivity index (χ0) is 15.5. The van der Waals surface area contributed by atoms with Crippen molar-refractivity contribution in [2.75, 3.05) is 32.7 Å². The lowest BCUT2D eigenvalue weighted by atomic mass is 10.1. The van der Waals surface area contributed by atoms with Gasteiger partial charge in [0.1, 0.15) is 0 Å². The first-order valence-electron chi connectivity index (χ1n) is 7.50. The molecule has 5 nitrogen and oxygen atoms in total. The van der Waals surface area contributed by atoms with E-state index in [9.17, 15) is 8.42 Å². The summed E-state index contributed by atoms with van der Waals surface area (Å²) in [5, 5.41) is 0. The first kappa shape index (κ1) is 16.4. The van der Waals surface area contributed by atoms with E-state index in [2.05, 4.69) is 11.8 Å². The molecule has 0 aromatic heterocycles. The van der Waals surface area contributed by atoms with Gasteiger partial charge in [0.15, 0.2) is 0 Å². The highest BCUT2D eigenvalue weighted by Gasteiger charge is 2.30. The van der Waals surface area contributed by atoms with Gasteiger partial charge in [0, 0.05) is 38.8 Å². The Balaban J connectivity index is 2.06. The molecule has 1 unspecified atom stereocenters. The lowest BCUT2D eigenvalue weighted by Crippen LogP contribution is -2.53. The maximum Gasteiger partial charge on any atom is 0.243 e. The Morgan fingerprint density at radius 3 is 2.19 bits per heavy atom. The molecule has 1 fully saturated rings. The van der Waals surface area contributed by atoms with Crippen molar-refractivity contribution >= 4 is 10.0 Å². The molecule has 0 bridgehead atoms. The third-order valence-electron chi connectivity index (χ3n) is 4.19. The van der Waals surface area contributed by atoms with Crippen LogP contribution in [0.4, 0.5) is 0 Å². The highest BCUT2D eigenvalue weighted by atomic mass is 32.2. The number of nitrogens with zero attached hydrogens (tertiary/aromatic N) is 2. The van der Waals surface area contributed by atoms with E-state index in [1.54, 1.807) is 16.4 Å². The monoisotopic (exact) mass is 311 g/mol. The van der Waals surface area contributed by atoms with Gasteiger partial charge >= 0.3 is 0 Å². The smallest absolute Gasteiger partial charge is 0.243 e. The summed E-state index contributed by atoms with van der Waals surface area (Å²) in [7, 11) is -3.37. The van der Waals surface area contributed by atoms with Crippen LogP contribution >= 0.6 is 0 Å². The van der Waals surface area contributed by atoms with Crippen molar-refractivity contribution in [3.8, 4) is 0 Å². The summed E-state index contributed by atoms with van der Waals surface area (Å²) in [5.41, 5.74) is 6.83. The Morgan fingerprint density at radius 1 is 1.14 bits per heavy atom. The number of sulfonamides is 1. The van der Waals surface area contributed by atoms with Crippen LogP contribution in [0.1, 0.15) is 18.9 Å². The highest BCUT2D eigenvalue weighted by Crippen LogP contribution is 2.19. The number of hydrogen-bond acceptors (Lipinski definition) is 4. The Morgan fingerprint density at radius 2 is 1.71 bits per heavy atom. The van der Waals surface area contributed by atoms with Crippen LogP contribution in [-0.2, 0) is 10.0 Å². The fourth-order valence-corrected chi connectivity index (χ4v) is 4.16. The summed E-state index contributed by atoms with van der Waals surface area (Å²) < 4.78 is 26.8. The van der Waals surface area contributed by atoms with Gasteiger partial charge < -0.3 is 5.73 Å². The van der Waals surface area contributed by atoms with Crippen LogP contribution in [-0.4, -0.2) is 56.4 Å². The van der Waals surface area contributed by atoms with Crippen LogP contribution < -0.4 is 5.73 Å². The molecule has 0 aliphatic carbocycles. The van der Waals surface area contributed by atoms with Gasteiger partial charge in [-0.05, 0) is 25.5 Å². The quantitative estimate of drug-likeness (QED) is 0.882. The Hall–Kier alpha value is -0.950. The Bertz CT molecular complexity index is 545. The number of nitrogens with two attached hydrogens (primary N) is 1. The normalized spacial score (nSPS) is 19.6. The lowest BCUT2D eigenvalue weighted by Gasteiger charge is -2.38. The van der Waals surface area contributed by atoms with E-state index in [-0.39, 0.29) is 0 Å². The molecule has 1 aromatic carbocycles. The summed E-state index contributed by atoms with van der Waals surface area (Å²) in [5.74, 6) is 0. The van der Waals surface area contributed by atoms with E-state index in [1.165, 1.54) is 0 Å². The van der Waals surface area contributed by atoms with Crippen molar-refractivity contribution in [1.82, 2.24) is 9.21 Å². The van der Waals surface area contributed by atoms with Gasteiger partial charge in [-0.25, -0.2) is 8.42 Å². The van der Waals surface area contributed by atoms with Crippen LogP contribution in [0.25, 0.3) is 0 Å². The van der Waals surface area contributed by atoms with Gasteiger partial charge in [0.25, 0.3) is 0 Å². The van der Waals surface area contributed by atoms with E-state index in [0.717, 1.165) is 25.1 Å². The second-order valence-electron chi connectivity index (χ2n) is 5.55. The molecular weight excluding hydrogens is 286 g/mol. The van der Waals surface area contributed by atoms with E-state index in [1.807, 2.05) is 19.1 Å². The zero-order valence-corrected chi connectivity index (χ0v) is 13.6. The third-order valence-corrected chi connectivity index (χ3v) is 6.10. The summed E-state index contributed by atoms with van der Waals surface area (Å²) >= 11 is 0. The van der Waals surface area contributed by atoms with Gasteiger partial charge in [0.05, 0.1) is 4.90 Å². The highest BCUT2D eigenvalue weighted by molar-refractivity contribution is 7.89. The van der Waals surface area contributed by atoms with Gasteiger partial charge in [-0.15, -0.1) is 0 Å². The van der Waals surface area contributed by atoms with Crippen molar-refractivity contribution in [3.05, 3.63) is 29.8 Å². The fraction of sp³-hybridized carbons (Fsp3) is 0.600. The minimum Gasteiger partial charge on any atom is -0.329 e. The van der Waals surface area contributed by atoms with Crippen LogP contribution in [0.3, 0.4) is 0 Å².